The van der Waals surface area contributed by atoms with Crippen molar-refractivity contribution in [1.82, 2.24) is 20.2 Å². The highest BCUT2D eigenvalue weighted by molar-refractivity contribution is 6.03. The number of non-ortho nitro benzene ring substituents is 1. The Morgan fingerprint density at radius 2 is 2.08 bits per heavy atom. The molecular formula is C16H11N7O3. The second-order valence-corrected chi connectivity index (χ2v) is 5.37. The molecule has 0 aliphatic carbocycles. The van der Waals surface area contributed by atoms with Gasteiger partial charge in [0, 0.05) is 28.6 Å². The zero-order chi connectivity index (χ0) is 18.1. The molecule has 3 N–H and O–H groups in total. The van der Waals surface area contributed by atoms with Gasteiger partial charge in [0.15, 0.2) is 5.65 Å². The van der Waals surface area contributed by atoms with Gasteiger partial charge in [-0.3, -0.25) is 10.1 Å². The third-order valence-corrected chi connectivity index (χ3v) is 3.71. The molecule has 2 aromatic heterocycles. The lowest BCUT2D eigenvalue weighted by molar-refractivity contribution is -0.384. The van der Waals surface area contributed by atoms with Crippen LogP contribution in [-0.4, -0.2) is 36.4 Å². The van der Waals surface area contributed by atoms with Crippen molar-refractivity contribution in [3.05, 3.63) is 58.1 Å². The summed E-state index contributed by atoms with van der Waals surface area (Å²) < 4.78 is 0. The van der Waals surface area contributed by atoms with Gasteiger partial charge in [-0.15, -0.1) is 10.2 Å². The molecule has 0 fully saturated rings. The summed E-state index contributed by atoms with van der Waals surface area (Å²) in [6, 6.07) is 11.3. The predicted octanol–water partition coefficient (Wildman–Crippen LogP) is 2.57. The lowest BCUT2D eigenvalue weighted by Crippen LogP contribution is -1.99. The van der Waals surface area contributed by atoms with E-state index >= 15 is 0 Å². The molecule has 0 unspecified atom stereocenters. The fourth-order valence-electron chi connectivity index (χ4n) is 2.49. The molecule has 0 amide bonds. The van der Waals surface area contributed by atoms with Crippen LogP contribution in [0, 0.1) is 10.1 Å². The van der Waals surface area contributed by atoms with Crippen molar-refractivity contribution in [1.29, 1.82) is 0 Å². The zero-order valence-corrected chi connectivity index (χ0v) is 13.1. The van der Waals surface area contributed by atoms with Crippen LogP contribution in [-0.2, 0) is 0 Å². The second kappa shape index (κ2) is 6.09. The third-order valence-electron chi connectivity index (χ3n) is 3.71. The van der Waals surface area contributed by atoms with Crippen LogP contribution in [0.5, 0.6) is 5.75 Å². The van der Waals surface area contributed by atoms with Crippen molar-refractivity contribution in [3.63, 3.8) is 0 Å². The van der Waals surface area contributed by atoms with Crippen molar-refractivity contribution in [2.24, 2.45) is 5.10 Å². The summed E-state index contributed by atoms with van der Waals surface area (Å²) in [5.41, 5.74) is 4.72. The van der Waals surface area contributed by atoms with E-state index in [9.17, 15) is 15.2 Å². The summed E-state index contributed by atoms with van der Waals surface area (Å²) in [7, 11) is 0. The lowest BCUT2D eigenvalue weighted by Gasteiger charge is -1.99. The number of aromatic nitrogens is 4. The van der Waals surface area contributed by atoms with Gasteiger partial charge in [-0.2, -0.15) is 10.1 Å². The smallest absolute Gasteiger partial charge is 0.270 e. The number of anilines is 1. The first-order chi connectivity index (χ1) is 12.6. The molecular weight excluding hydrogens is 338 g/mol. The quantitative estimate of drug-likeness (QED) is 0.292. The molecule has 26 heavy (non-hydrogen) atoms. The van der Waals surface area contributed by atoms with Crippen LogP contribution in [0.25, 0.3) is 22.1 Å². The van der Waals surface area contributed by atoms with Gasteiger partial charge in [0.25, 0.3) is 11.6 Å². The summed E-state index contributed by atoms with van der Waals surface area (Å²) in [6.45, 7) is 0. The average molecular weight is 349 g/mol. The Morgan fingerprint density at radius 1 is 1.23 bits per heavy atom. The van der Waals surface area contributed by atoms with Gasteiger partial charge in [-0.1, -0.05) is 18.2 Å². The Bertz CT molecular complexity index is 1170. The summed E-state index contributed by atoms with van der Waals surface area (Å²) in [4.78, 5) is 17.7. The maximum Gasteiger partial charge on any atom is 0.270 e. The number of hydrazone groups is 1. The monoisotopic (exact) mass is 349 g/mol. The van der Waals surface area contributed by atoms with E-state index in [1.54, 1.807) is 0 Å². The Kier molecular flexibility index (Phi) is 3.62. The molecule has 0 spiro atoms. The Labute approximate surface area is 145 Å². The van der Waals surface area contributed by atoms with Gasteiger partial charge in [0.05, 0.1) is 11.1 Å². The minimum Gasteiger partial charge on any atom is -0.507 e. The van der Waals surface area contributed by atoms with E-state index in [2.05, 4.69) is 30.7 Å². The maximum atomic E-state index is 10.8. The fraction of sp³-hybridized carbons (Fsp3) is 0. The van der Waals surface area contributed by atoms with Gasteiger partial charge in [-0.25, -0.2) is 5.43 Å². The van der Waals surface area contributed by atoms with E-state index in [-0.39, 0.29) is 22.9 Å². The summed E-state index contributed by atoms with van der Waals surface area (Å²) >= 11 is 0. The van der Waals surface area contributed by atoms with Gasteiger partial charge in [0.2, 0.25) is 0 Å². The number of phenolic OH excluding ortho intramolecular Hbond substituents is 1. The number of rotatable bonds is 4. The molecule has 0 atom stereocenters. The molecule has 0 saturated carbocycles. The average Bonchev–Trinajstić information content (AvgIpc) is 3.01. The SMILES string of the molecule is O=[N+]([O-])c1ccc(O)c(C=NNc2nnc3c(n2)[nH]c2ccccc23)c1. The summed E-state index contributed by atoms with van der Waals surface area (Å²) in [6.07, 6.45) is 1.24. The number of benzene rings is 2. The molecule has 128 valence electrons. The highest BCUT2D eigenvalue weighted by Gasteiger charge is 2.10. The van der Waals surface area contributed by atoms with E-state index < -0.39 is 4.92 Å². The van der Waals surface area contributed by atoms with Crippen molar-refractivity contribution < 1.29 is 10.0 Å². The van der Waals surface area contributed by atoms with Crippen LogP contribution >= 0.6 is 0 Å². The number of aromatic amines is 1. The first kappa shape index (κ1) is 15.4. The number of fused-ring (bicyclic) bond motifs is 3. The van der Waals surface area contributed by atoms with E-state index in [1.807, 2.05) is 24.3 Å². The van der Waals surface area contributed by atoms with Gasteiger partial charge in [0.1, 0.15) is 11.3 Å². The Hall–Kier alpha value is -4.08. The minimum absolute atomic E-state index is 0.133. The molecule has 0 radical (unpaired) electrons. The number of aromatic hydroxyl groups is 1. The van der Waals surface area contributed by atoms with Crippen molar-refractivity contribution >= 4 is 39.9 Å². The number of nitrogens with one attached hydrogen (secondary N) is 2. The standard InChI is InChI=1S/C16H11N7O3/c24-13-6-5-10(23(25)26)7-9(13)8-17-21-16-19-15-14(20-22-16)11-3-1-2-4-12(11)18-15/h1-8,24H,(H2,18,19,21,22). The molecule has 0 aliphatic heterocycles. The number of nitro benzene ring substituents is 1. The topological polar surface area (TPSA) is 142 Å². The number of hydrogen-bond acceptors (Lipinski definition) is 8. The minimum atomic E-state index is -0.554. The number of hydrogen-bond donors (Lipinski definition) is 3. The van der Waals surface area contributed by atoms with Crippen LogP contribution in [0.15, 0.2) is 47.6 Å². The maximum absolute atomic E-state index is 10.8. The van der Waals surface area contributed by atoms with E-state index in [1.165, 1.54) is 24.4 Å². The molecule has 2 aromatic carbocycles. The largest absolute Gasteiger partial charge is 0.507 e. The van der Waals surface area contributed by atoms with Crippen molar-refractivity contribution in [2.45, 2.75) is 0 Å². The Morgan fingerprint density at radius 3 is 2.92 bits per heavy atom. The van der Waals surface area contributed by atoms with E-state index in [4.69, 9.17) is 0 Å². The van der Waals surface area contributed by atoms with Crippen LogP contribution in [0.2, 0.25) is 0 Å². The molecule has 0 saturated heterocycles. The number of para-hydroxylation sites is 1. The summed E-state index contributed by atoms with van der Waals surface area (Å²) in [5, 5.41) is 33.4. The van der Waals surface area contributed by atoms with Crippen LogP contribution in [0.4, 0.5) is 11.6 Å². The number of nitro groups is 1. The molecule has 4 rings (SSSR count). The van der Waals surface area contributed by atoms with E-state index in [0.29, 0.717) is 11.2 Å². The zero-order valence-electron chi connectivity index (χ0n) is 13.1. The van der Waals surface area contributed by atoms with E-state index in [0.717, 1.165) is 10.9 Å². The van der Waals surface area contributed by atoms with Crippen molar-refractivity contribution in [3.8, 4) is 5.75 Å². The first-order valence-electron chi connectivity index (χ1n) is 7.49. The van der Waals surface area contributed by atoms with Crippen LogP contribution in [0.1, 0.15) is 5.56 Å². The lowest BCUT2D eigenvalue weighted by atomic mass is 10.2. The van der Waals surface area contributed by atoms with Gasteiger partial charge >= 0.3 is 0 Å². The predicted molar refractivity (Wildman–Crippen MR) is 95.2 cm³/mol. The number of phenols is 1. The third kappa shape index (κ3) is 2.75. The summed E-state index contributed by atoms with van der Waals surface area (Å²) in [5.74, 6) is 0.0106. The number of H-pyrrole nitrogens is 1. The molecule has 2 heterocycles. The molecule has 10 nitrogen and oxygen atoms in total. The highest BCUT2D eigenvalue weighted by atomic mass is 16.6. The normalized spacial score (nSPS) is 11.4. The fourth-order valence-corrected chi connectivity index (χ4v) is 2.49. The Balaban J connectivity index is 1.60. The van der Waals surface area contributed by atoms with Gasteiger partial charge in [-0.05, 0) is 12.1 Å². The van der Waals surface area contributed by atoms with Crippen LogP contribution in [0.3, 0.4) is 0 Å². The van der Waals surface area contributed by atoms with Crippen molar-refractivity contribution in [2.75, 3.05) is 5.43 Å². The number of nitrogens with zero attached hydrogens (tertiary/aromatic N) is 5. The van der Waals surface area contributed by atoms with Crippen LogP contribution < -0.4 is 5.43 Å². The highest BCUT2D eigenvalue weighted by Crippen LogP contribution is 2.22. The molecule has 0 aliphatic rings. The van der Waals surface area contributed by atoms with Gasteiger partial charge < -0.3 is 10.1 Å². The molecule has 0 bridgehead atoms. The second-order valence-electron chi connectivity index (χ2n) is 5.37. The molecule has 4 aromatic rings. The first-order valence-corrected chi connectivity index (χ1v) is 7.49. The molecule has 10 heteroatoms.